The fraction of sp³-hybridized carbons (Fsp3) is 0.500. The first kappa shape index (κ1) is 34.5. The van der Waals surface area contributed by atoms with Crippen molar-refractivity contribution in [3.8, 4) is 11.3 Å². The molecule has 0 amide bonds. The van der Waals surface area contributed by atoms with Crippen LogP contribution in [-0.4, -0.2) is 18.1 Å². The van der Waals surface area contributed by atoms with Crippen LogP contribution in [0.1, 0.15) is 103 Å². The van der Waals surface area contributed by atoms with Gasteiger partial charge in [0, 0.05) is 28.8 Å². The molecule has 1 aromatic heterocycles. The number of aryl methyl sites for hydroxylation is 1. The van der Waals surface area contributed by atoms with Crippen molar-refractivity contribution >= 4 is 11.8 Å². The number of anilines is 1. The summed E-state index contributed by atoms with van der Waals surface area (Å²) in [4.78, 5) is 3.55. The molecule has 1 heterocycles. The molecule has 0 aliphatic heterocycles. The zero-order valence-electron chi connectivity index (χ0n) is 27.7. The Balaban J connectivity index is 0.000000285. The third-order valence-electron chi connectivity index (χ3n) is 9.71. The third kappa shape index (κ3) is 10.6. The summed E-state index contributed by atoms with van der Waals surface area (Å²) >= 11 is 0. The highest BCUT2D eigenvalue weighted by molar-refractivity contribution is 5.69. The molecule has 3 nitrogen and oxygen atoms in total. The molecule has 234 valence electrons. The zero-order valence-corrected chi connectivity index (χ0v) is 27.7. The summed E-state index contributed by atoms with van der Waals surface area (Å²) in [5, 5.41) is 6.98. The maximum absolute atomic E-state index is 4.28. The summed E-state index contributed by atoms with van der Waals surface area (Å²) in [6.07, 6.45) is 21.4. The Kier molecular flexibility index (Phi) is 14.4. The number of nitrogens with one attached hydrogen (secondary N) is 3. The molecular weight excluding hydrogens is 522 g/mol. The Hall–Kier alpha value is -3.04. The smallest absolute Gasteiger partial charge is 0.0461 e. The van der Waals surface area contributed by atoms with E-state index in [2.05, 4.69) is 106 Å². The van der Waals surface area contributed by atoms with Gasteiger partial charge < -0.3 is 15.6 Å². The minimum Gasteiger partial charge on any atom is -0.359 e. The van der Waals surface area contributed by atoms with Gasteiger partial charge in [-0.15, -0.1) is 6.58 Å². The summed E-state index contributed by atoms with van der Waals surface area (Å²) in [6, 6.07) is 11.6. The standard InChI is InChI=1S/C26H32N2.C14H27N/c1-5-20(6-2)17-25-21(7-3)18-26(28-25)23-13-15-24(16-14-23)27-19(4)22-11-9-8-10-12-22;1-5-12-7-8-13(12)10-14(15-4)9-6-11(2)3/h5-6,13-18,22,27-28H,1-2,4,7-12H2,3H3;12-15H,2,5-10H2,1,3-4H3. The third-order valence-corrected chi connectivity index (χ3v) is 9.71. The van der Waals surface area contributed by atoms with Crippen molar-refractivity contribution in [2.75, 3.05) is 12.4 Å². The minimum atomic E-state index is 0.613. The number of aromatic amines is 1. The highest BCUT2D eigenvalue weighted by atomic mass is 14.9. The van der Waals surface area contributed by atoms with E-state index in [1.165, 1.54) is 87.3 Å². The Morgan fingerprint density at radius 2 is 1.65 bits per heavy atom. The van der Waals surface area contributed by atoms with E-state index in [9.17, 15) is 0 Å². The second-order valence-corrected chi connectivity index (χ2v) is 12.8. The maximum atomic E-state index is 4.28. The second kappa shape index (κ2) is 17.9. The van der Waals surface area contributed by atoms with E-state index in [-0.39, 0.29) is 0 Å². The average Bonchev–Trinajstić information content (AvgIpc) is 3.43. The molecule has 0 radical (unpaired) electrons. The molecule has 0 saturated heterocycles. The lowest BCUT2D eigenvalue weighted by Crippen LogP contribution is -2.34. The van der Waals surface area contributed by atoms with Crippen molar-refractivity contribution in [1.82, 2.24) is 10.3 Å². The quantitative estimate of drug-likeness (QED) is 0.145. The van der Waals surface area contributed by atoms with Crippen LogP contribution in [0.5, 0.6) is 0 Å². The molecule has 2 fully saturated rings. The van der Waals surface area contributed by atoms with E-state index in [0.29, 0.717) is 12.0 Å². The number of hydrogen-bond acceptors (Lipinski definition) is 2. The lowest BCUT2D eigenvalue weighted by atomic mass is 9.69. The summed E-state index contributed by atoms with van der Waals surface area (Å²) < 4.78 is 0. The highest BCUT2D eigenvalue weighted by Gasteiger charge is 2.30. The van der Waals surface area contributed by atoms with Crippen molar-refractivity contribution in [3.05, 3.63) is 96.9 Å². The summed E-state index contributed by atoms with van der Waals surface area (Å²) in [5.41, 5.74) is 9.34. The van der Waals surface area contributed by atoms with Crippen molar-refractivity contribution in [2.24, 2.45) is 17.8 Å². The minimum absolute atomic E-state index is 0.613. The van der Waals surface area contributed by atoms with E-state index in [1.54, 1.807) is 0 Å². The Labute approximate surface area is 263 Å². The Morgan fingerprint density at radius 3 is 2.19 bits per heavy atom. The van der Waals surface area contributed by atoms with Crippen LogP contribution in [-0.2, 0) is 6.42 Å². The van der Waals surface area contributed by atoms with Crippen molar-refractivity contribution in [2.45, 2.75) is 104 Å². The molecule has 3 atom stereocenters. The molecule has 2 aromatic rings. The first-order valence-electron chi connectivity index (χ1n) is 16.9. The van der Waals surface area contributed by atoms with Gasteiger partial charge >= 0.3 is 0 Å². The lowest BCUT2D eigenvalue weighted by Gasteiger charge is -2.38. The number of benzene rings is 1. The highest BCUT2D eigenvalue weighted by Crippen LogP contribution is 2.40. The number of allylic oxidation sites excluding steroid dienone is 5. The molecule has 43 heavy (non-hydrogen) atoms. The molecule has 3 heteroatoms. The van der Waals surface area contributed by atoms with Gasteiger partial charge in [-0.05, 0) is 124 Å². The lowest BCUT2D eigenvalue weighted by molar-refractivity contribution is 0.142. The first-order chi connectivity index (χ1) is 20.8. The van der Waals surface area contributed by atoms with Crippen LogP contribution in [0.3, 0.4) is 0 Å². The number of aromatic nitrogens is 1. The molecule has 1 aromatic carbocycles. The Morgan fingerprint density at radius 1 is 0.977 bits per heavy atom. The van der Waals surface area contributed by atoms with Crippen LogP contribution in [0.15, 0.2) is 85.6 Å². The van der Waals surface area contributed by atoms with E-state index in [1.807, 2.05) is 12.2 Å². The average molecular weight is 582 g/mol. The molecule has 2 aliphatic rings. The van der Waals surface area contributed by atoms with Crippen LogP contribution < -0.4 is 10.6 Å². The van der Waals surface area contributed by atoms with Crippen LogP contribution >= 0.6 is 0 Å². The van der Waals surface area contributed by atoms with Gasteiger partial charge in [0.25, 0.3) is 0 Å². The molecule has 2 saturated carbocycles. The zero-order chi connectivity index (χ0) is 31.2. The molecule has 0 bridgehead atoms. The van der Waals surface area contributed by atoms with Gasteiger partial charge in [0.2, 0.25) is 0 Å². The largest absolute Gasteiger partial charge is 0.359 e. The van der Waals surface area contributed by atoms with Gasteiger partial charge in [0.1, 0.15) is 0 Å². The van der Waals surface area contributed by atoms with Gasteiger partial charge in [-0.2, -0.15) is 0 Å². The summed E-state index contributed by atoms with van der Waals surface area (Å²) in [5.74, 6) is 2.63. The maximum Gasteiger partial charge on any atom is 0.0461 e. The molecular formula is C40H59N3. The first-order valence-corrected chi connectivity index (χ1v) is 16.9. The topological polar surface area (TPSA) is 39.9 Å². The molecule has 4 rings (SSSR count). The summed E-state index contributed by atoms with van der Waals surface area (Å²) in [6.45, 7) is 22.6. The van der Waals surface area contributed by atoms with Crippen molar-refractivity contribution in [3.63, 3.8) is 0 Å². The van der Waals surface area contributed by atoms with Gasteiger partial charge in [0.15, 0.2) is 0 Å². The van der Waals surface area contributed by atoms with Gasteiger partial charge in [0.05, 0.1) is 0 Å². The van der Waals surface area contributed by atoms with Gasteiger partial charge in [-0.1, -0.05) is 89.1 Å². The Bertz CT molecular complexity index is 1190. The van der Waals surface area contributed by atoms with E-state index in [4.69, 9.17) is 0 Å². The second-order valence-electron chi connectivity index (χ2n) is 12.8. The molecule has 0 spiro atoms. The molecule has 3 N–H and O–H groups in total. The van der Waals surface area contributed by atoms with E-state index < -0.39 is 0 Å². The number of hydrogen-bond donors (Lipinski definition) is 3. The van der Waals surface area contributed by atoms with Crippen LogP contribution in [0.2, 0.25) is 0 Å². The van der Waals surface area contributed by atoms with Gasteiger partial charge in [-0.25, -0.2) is 0 Å². The van der Waals surface area contributed by atoms with E-state index in [0.717, 1.165) is 46.6 Å². The van der Waals surface area contributed by atoms with Crippen LogP contribution in [0.25, 0.3) is 17.3 Å². The van der Waals surface area contributed by atoms with Crippen molar-refractivity contribution < 1.29 is 0 Å². The molecule has 3 unspecified atom stereocenters. The predicted octanol–water partition coefficient (Wildman–Crippen LogP) is 11.3. The fourth-order valence-corrected chi connectivity index (χ4v) is 6.58. The van der Waals surface area contributed by atoms with Crippen LogP contribution in [0, 0.1) is 17.8 Å². The van der Waals surface area contributed by atoms with Crippen LogP contribution in [0.4, 0.5) is 5.69 Å². The van der Waals surface area contributed by atoms with E-state index >= 15 is 0 Å². The summed E-state index contributed by atoms with van der Waals surface area (Å²) in [7, 11) is 2.10. The number of H-pyrrole nitrogens is 1. The predicted molar refractivity (Wildman–Crippen MR) is 191 cm³/mol. The SMILES string of the molecule is C=C(C)CCC(CC1CCC1CC)NC.C=CC(C=C)=Cc1[nH]c(-c2ccc(NC(=C)C3CCCCC3)cc2)cc1CC. The fourth-order valence-electron chi connectivity index (χ4n) is 6.58. The normalized spacial score (nSPS) is 18.8. The van der Waals surface area contributed by atoms with Crippen molar-refractivity contribution in [1.29, 1.82) is 0 Å². The van der Waals surface area contributed by atoms with Gasteiger partial charge in [-0.3, -0.25) is 0 Å². The molecule has 2 aliphatic carbocycles. The number of rotatable bonds is 15. The monoisotopic (exact) mass is 581 g/mol.